The molecule has 0 amide bonds. The lowest BCUT2D eigenvalue weighted by Crippen LogP contribution is -2.23. The van der Waals surface area contributed by atoms with E-state index in [1.165, 1.54) is 4.90 Å². The number of fused-ring (bicyclic) bond motifs is 1. The van der Waals surface area contributed by atoms with Gasteiger partial charge < -0.3 is 4.74 Å². The van der Waals surface area contributed by atoms with Gasteiger partial charge in [0.25, 0.3) is 0 Å². The van der Waals surface area contributed by atoms with E-state index in [0.29, 0.717) is 0 Å². The maximum atomic E-state index is 5.90. The van der Waals surface area contributed by atoms with Crippen molar-refractivity contribution in [2.24, 2.45) is 0 Å². The highest BCUT2D eigenvalue weighted by atomic mass is 32.2. The van der Waals surface area contributed by atoms with Crippen molar-refractivity contribution < 1.29 is 4.74 Å². The van der Waals surface area contributed by atoms with Crippen LogP contribution in [0.25, 0.3) is 0 Å². The molecule has 0 N–H and O–H groups in total. The summed E-state index contributed by atoms with van der Waals surface area (Å²) in [7, 11) is 0. The van der Waals surface area contributed by atoms with Gasteiger partial charge in [-0.15, -0.1) is 0 Å². The lowest BCUT2D eigenvalue weighted by molar-refractivity contribution is 0.182. The van der Waals surface area contributed by atoms with Crippen molar-refractivity contribution in [2.75, 3.05) is 0 Å². The molecule has 0 saturated carbocycles. The molecular weight excluding hydrogens is 180 g/mol. The van der Waals surface area contributed by atoms with Crippen molar-refractivity contribution in [1.29, 1.82) is 0 Å². The second-order valence-electron chi connectivity index (χ2n) is 3.53. The van der Waals surface area contributed by atoms with E-state index in [4.69, 9.17) is 4.74 Å². The molecule has 1 aromatic rings. The summed E-state index contributed by atoms with van der Waals surface area (Å²) in [6.07, 6.45) is 2.27. The van der Waals surface area contributed by atoms with Gasteiger partial charge in [0.1, 0.15) is 5.75 Å². The Bertz CT molecular complexity index is 284. The van der Waals surface area contributed by atoms with Crippen LogP contribution >= 0.6 is 11.8 Å². The maximum absolute atomic E-state index is 5.90. The fraction of sp³-hybridized carbons (Fsp3) is 0.455. The van der Waals surface area contributed by atoms with Gasteiger partial charge in [-0.1, -0.05) is 37.2 Å². The monoisotopic (exact) mass is 194 g/mol. The van der Waals surface area contributed by atoms with Gasteiger partial charge in [0.05, 0.1) is 4.90 Å². The van der Waals surface area contributed by atoms with Crippen LogP contribution in [-0.4, -0.2) is 4.93 Å². The van der Waals surface area contributed by atoms with Crippen LogP contribution in [0.15, 0.2) is 29.2 Å². The quantitative estimate of drug-likeness (QED) is 0.710. The van der Waals surface area contributed by atoms with Crippen LogP contribution in [0, 0.1) is 0 Å². The fourth-order valence-electron chi connectivity index (χ4n) is 1.66. The SMILES string of the molecule is CCCC1(C)Oc2ccccc2S1. The Hall–Kier alpha value is -0.630. The third-order valence-corrected chi connectivity index (χ3v) is 3.48. The Morgan fingerprint density at radius 3 is 2.85 bits per heavy atom. The topological polar surface area (TPSA) is 9.23 Å². The Morgan fingerprint density at radius 1 is 1.38 bits per heavy atom. The van der Waals surface area contributed by atoms with Crippen LogP contribution in [0.4, 0.5) is 0 Å². The lowest BCUT2D eigenvalue weighted by Gasteiger charge is -2.21. The molecule has 1 unspecified atom stereocenters. The molecule has 2 rings (SSSR count). The molecule has 1 nitrogen and oxygen atoms in total. The molecule has 1 aliphatic rings. The summed E-state index contributed by atoms with van der Waals surface area (Å²) in [4.78, 5) is 1.25. The first-order valence-corrected chi connectivity index (χ1v) is 5.52. The zero-order valence-electron chi connectivity index (χ0n) is 8.04. The van der Waals surface area contributed by atoms with Crippen LogP contribution in [-0.2, 0) is 0 Å². The summed E-state index contributed by atoms with van der Waals surface area (Å²) >= 11 is 1.84. The molecule has 1 aromatic carbocycles. The summed E-state index contributed by atoms with van der Waals surface area (Å²) in [6.45, 7) is 4.36. The molecular formula is C11H14OS. The van der Waals surface area contributed by atoms with Crippen LogP contribution in [0.1, 0.15) is 26.7 Å². The average Bonchev–Trinajstić information content (AvgIpc) is 2.40. The van der Waals surface area contributed by atoms with Crippen molar-refractivity contribution in [2.45, 2.75) is 36.5 Å². The predicted octanol–water partition coefficient (Wildman–Crippen LogP) is 3.69. The van der Waals surface area contributed by atoms with Crippen LogP contribution in [0.3, 0.4) is 0 Å². The predicted molar refractivity (Wildman–Crippen MR) is 56.2 cm³/mol. The van der Waals surface area contributed by atoms with Crippen molar-refractivity contribution in [1.82, 2.24) is 0 Å². The fourth-order valence-corrected chi connectivity index (χ4v) is 2.92. The van der Waals surface area contributed by atoms with E-state index >= 15 is 0 Å². The third-order valence-electron chi connectivity index (χ3n) is 2.20. The molecule has 1 aliphatic heterocycles. The molecule has 0 saturated heterocycles. The number of hydrogen-bond donors (Lipinski definition) is 0. The van der Waals surface area contributed by atoms with Gasteiger partial charge >= 0.3 is 0 Å². The summed E-state index contributed by atoms with van der Waals surface area (Å²) < 4.78 is 5.90. The lowest BCUT2D eigenvalue weighted by atomic mass is 10.2. The number of benzene rings is 1. The highest BCUT2D eigenvalue weighted by molar-refractivity contribution is 8.00. The van der Waals surface area contributed by atoms with E-state index in [-0.39, 0.29) is 4.93 Å². The van der Waals surface area contributed by atoms with Gasteiger partial charge in [-0.2, -0.15) is 0 Å². The molecule has 13 heavy (non-hydrogen) atoms. The van der Waals surface area contributed by atoms with E-state index in [1.807, 2.05) is 23.9 Å². The minimum atomic E-state index is -0.0293. The normalized spacial score (nSPS) is 25.4. The molecule has 0 aromatic heterocycles. The molecule has 0 fully saturated rings. The van der Waals surface area contributed by atoms with Gasteiger partial charge in [0.15, 0.2) is 4.93 Å². The van der Waals surface area contributed by atoms with Gasteiger partial charge in [0.2, 0.25) is 0 Å². The molecule has 0 spiro atoms. The maximum Gasteiger partial charge on any atom is 0.156 e. The van der Waals surface area contributed by atoms with Crippen molar-refractivity contribution in [3.05, 3.63) is 24.3 Å². The third kappa shape index (κ3) is 1.68. The highest BCUT2D eigenvalue weighted by Gasteiger charge is 2.34. The van der Waals surface area contributed by atoms with E-state index < -0.39 is 0 Å². The Labute approximate surface area is 83.5 Å². The number of ether oxygens (including phenoxy) is 1. The standard InChI is InChI=1S/C11H14OS/c1-3-8-11(2)12-9-6-4-5-7-10(9)13-11/h4-7H,3,8H2,1-2H3. The first-order valence-electron chi connectivity index (χ1n) is 4.70. The van der Waals surface area contributed by atoms with E-state index in [2.05, 4.69) is 26.0 Å². The zero-order valence-corrected chi connectivity index (χ0v) is 8.86. The van der Waals surface area contributed by atoms with Crippen LogP contribution in [0.2, 0.25) is 0 Å². The molecule has 0 aliphatic carbocycles. The highest BCUT2D eigenvalue weighted by Crippen LogP contribution is 2.48. The Kier molecular flexibility index (Phi) is 2.24. The summed E-state index contributed by atoms with van der Waals surface area (Å²) in [6, 6.07) is 8.26. The van der Waals surface area contributed by atoms with Crippen LogP contribution in [0.5, 0.6) is 5.75 Å². The smallest absolute Gasteiger partial charge is 0.156 e. The van der Waals surface area contributed by atoms with Crippen LogP contribution < -0.4 is 4.74 Å². The first kappa shape index (κ1) is 8.95. The van der Waals surface area contributed by atoms with Crippen molar-refractivity contribution in [3.8, 4) is 5.75 Å². The van der Waals surface area contributed by atoms with Crippen molar-refractivity contribution in [3.63, 3.8) is 0 Å². The zero-order chi connectivity index (χ0) is 9.31. The number of para-hydroxylation sites is 1. The van der Waals surface area contributed by atoms with Gasteiger partial charge in [0, 0.05) is 0 Å². The second-order valence-corrected chi connectivity index (χ2v) is 5.04. The molecule has 70 valence electrons. The van der Waals surface area contributed by atoms with Gasteiger partial charge in [-0.25, -0.2) is 0 Å². The van der Waals surface area contributed by atoms with Crippen molar-refractivity contribution >= 4 is 11.8 Å². The first-order chi connectivity index (χ1) is 6.23. The molecule has 1 heterocycles. The number of rotatable bonds is 2. The summed E-state index contributed by atoms with van der Waals surface area (Å²) in [5.41, 5.74) is 0. The van der Waals surface area contributed by atoms with E-state index in [0.717, 1.165) is 18.6 Å². The molecule has 0 radical (unpaired) electrons. The molecule has 1 atom stereocenters. The average molecular weight is 194 g/mol. The number of thioether (sulfide) groups is 1. The van der Waals surface area contributed by atoms with E-state index in [9.17, 15) is 0 Å². The molecule has 2 heteroatoms. The largest absolute Gasteiger partial charge is 0.475 e. The summed E-state index contributed by atoms with van der Waals surface area (Å²) in [5, 5.41) is 0. The Morgan fingerprint density at radius 2 is 2.15 bits per heavy atom. The number of hydrogen-bond acceptors (Lipinski definition) is 2. The second kappa shape index (κ2) is 3.26. The minimum Gasteiger partial charge on any atom is -0.475 e. The summed E-state index contributed by atoms with van der Waals surface area (Å²) in [5.74, 6) is 1.04. The minimum absolute atomic E-state index is 0.0293. The molecule has 0 bridgehead atoms. The van der Waals surface area contributed by atoms with Gasteiger partial charge in [-0.3, -0.25) is 0 Å². The Balaban J connectivity index is 2.21. The van der Waals surface area contributed by atoms with Gasteiger partial charge in [-0.05, 0) is 25.5 Å². The van der Waals surface area contributed by atoms with E-state index in [1.54, 1.807) is 0 Å².